The maximum atomic E-state index is 11.7. The molecule has 0 N–H and O–H groups in total. The number of aromatic nitrogens is 1. The van der Waals surface area contributed by atoms with E-state index in [1.807, 2.05) is 22.6 Å². The van der Waals surface area contributed by atoms with E-state index >= 15 is 0 Å². The van der Waals surface area contributed by atoms with Crippen molar-refractivity contribution < 1.29 is 0 Å². The Kier molecular flexibility index (Phi) is 2.14. The Morgan fingerprint density at radius 2 is 2.23 bits per heavy atom. The summed E-state index contributed by atoms with van der Waals surface area (Å²) in [6.45, 7) is 4.92. The van der Waals surface area contributed by atoms with Gasteiger partial charge in [-0.3, -0.25) is 0 Å². The molecule has 2 aromatic rings. The van der Waals surface area contributed by atoms with Gasteiger partial charge in [0, 0.05) is 0 Å². The Labute approximate surface area is 82.8 Å². The van der Waals surface area contributed by atoms with Crippen LogP contribution in [0.15, 0.2) is 23.0 Å². The number of hydrogen-bond donors (Lipinski definition) is 0. The summed E-state index contributed by atoms with van der Waals surface area (Å²) >= 11 is 0.215. The van der Waals surface area contributed by atoms with Gasteiger partial charge in [0.2, 0.25) is 0 Å². The van der Waals surface area contributed by atoms with Gasteiger partial charge in [-0.2, -0.15) is 0 Å². The van der Waals surface area contributed by atoms with E-state index < -0.39 is 0 Å². The van der Waals surface area contributed by atoms with Crippen LogP contribution in [0.4, 0.5) is 0 Å². The van der Waals surface area contributed by atoms with Crippen molar-refractivity contribution in [2.75, 3.05) is 0 Å². The van der Waals surface area contributed by atoms with E-state index in [-0.39, 0.29) is 20.3 Å². The number of benzene rings is 1. The van der Waals surface area contributed by atoms with E-state index in [0.29, 0.717) is 0 Å². The third kappa shape index (κ3) is 1.38. The monoisotopic (exact) mass is 241 g/mol. The Bertz CT molecular complexity index is 495. The number of nitrogens with zero attached hydrogens (tertiary/aromatic N) is 1. The molecule has 0 aliphatic heterocycles. The summed E-state index contributed by atoms with van der Waals surface area (Å²) in [5, 5.41) is 0.910. The molecule has 2 rings (SSSR count). The van der Waals surface area contributed by atoms with Gasteiger partial charge in [0.05, 0.1) is 0 Å². The zero-order valence-electron chi connectivity index (χ0n) is 7.70. The predicted octanol–water partition coefficient (Wildman–Crippen LogP) is 1.39. The van der Waals surface area contributed by atoms with Crippen LogP contribution in [0.5, 0.6) is 0 Å². The molecule has 2 nitrogen and oxygen atoms in total. The Morgan fingerprint density at radius 1 is 1.46 bits per heavy atom. The maximum absolute atomic E-state index is 11.7. The second kappa shape index (κ2) is 3.17. The Balaban J connectivity index is 2.84. The first-order chi connectivity index (χ1) is 6.22. The zero-order valence-corrected chi connectivity index (χ0v) is 9.42. The van der Waals surface area contributed by atoms with Gasteiger partial charge >= 0.3 is 82.5 Å². The van der Waals surface area contributed by atoms with Crippen molar-refractivity contribution >= 4 is 24.4 Å². The van der Waals surface area contributed by atoms with Crippen LogP contribution >= 0.6 is 0 Å². The van der Waals surface area contributed by atoms with Gasteiger partial charge in [-0.25, -0.2) is 0 Å². The van der Waals surface area contributed by atoms with Crippen LogP contribution < -0.4 is 5.56 Å². The molecule has 3 heteroatoms. The van der Waals surface area contributed by atoms with Crippen LogP contribution in [0, 0.1) is 6.92 Å². The molecule has 0 saturated carbocycles. The first-order valence-corrected chi connectivity index (χ1v) is 5.95. The fourth-order valence-corrected chi connectivity index (χ4v) is 3.57. The van der Waals surface area contributed by atoms with E-state index in [1.165, 1.54) is 9.82 Å². The molecule has 13 heavy (non-hydrogen) atoms. The fraction of sp³-hybridized carbons (Fsp3) is 0.300. The van der Waals surface area contributed by atoms with Crippen molar-refractivity contribution in [2.24, 2.45) is 0 Å². The van der Waals surface area contributed by atoms with E-state index in [1.54, 1.807) is 0 Å². The van der Waals surface area contributed by atoms with Crippen molar-refractivity contribution in [3.63, 3.8) is 0 Å². The molecule has 0 aliphatic rings. The minimum absolute atomic E-state index is 0.206. The molecule has 0 bridgehead atoms. The van der Waals surface area contributed by atoms with Gasteiger partial charge in [0.15, 0.2) is 0 Å². The molecule has 1 aromatic carbocycles. The van der Waals surface area contributed by atoms with Crippen LogP contribution in [0.2, 0.25) is 0 Å². The average Bonchev–Trinajstić information content (AvgIpc) is 2.42. The molecule has 0 spiro atoms. The second-order valence-corrected chi connectivity index (χ2v) is 5.32. The Hall–Kier alpha value is -0.791. The summed E-state index contributed by atoms with van der Waals surface area (Å²) in [7, 11) is 0. The summed E-state index contributed by atoms with van der Waals surface area (Å²) in [5.74, 6) is 0. The van der Waals surface area contributed by atoms with Crippen molar-refractivity contribution in [3.8, 4) is 0 Å². The SMILES string of the molecule is CCn1[se]c2cc(C)ccc2c1=O. The van der Waals surface area contributed by atoms with Gasteiger partial charge in [-0.1, -0.05) is 0 Å². The molecule has 0 aliphatic carbocycles. The van der Waals surface area contributed by atoms with E-state index in [0.717, 1.165) is 11.9 Å². The normalized spacial score (nSPS) is 10.9. The molecular weight excluding hydrogens is 229 g/mol. The number of fused-ring (bicyclic) bond motifs is 1. The summed E-state index contributed by atoms with van der Waals surface area (Å²) in [5.41, 5.74) is 1.45. The van der Waals surface area contributed by atoms with Crippen molar-refractivity contribution in [1.29, 1.82) is 0 Å². The summed E-state index contributed by atoms with van der Waals surface area (Å²) in [6, 6.07) is 6.08. The molecule has 0 amide bonds. The quantitative estimate of drug-likeness (QED) is 0.690. The summed E-state index contributed by atoms with van der Waals surface area (Å²) in [6.07, 6.45) is 0. The second-order valence-electron chi connectivity index (χ2n) is 3.09. The van der Waals surface area contributed by atoms with Crippen molar-refractivity contribution in [1.82, 2.24) is 3.56 Å². The predicted molar refractivity (Wildman–Crippen MR) is 55.6 cm³/mol. The fourth-order valence-electron chi connectivity index (χ4n) is 1.38. The first-order valence-electron chi connectivity index (χ1n) is 4.33. The van der Waals surface area contributed by atoms with Gasteiger partial charge in [0.25, 0.3) is 0 Å². The third-order valence-corrected chi connectivity index (χ3v) is 4.56. The number of rotatable bonds is 1. The molecule has 0 atom stereocenters. The van der Waals surface area contributed by atoms with Gasteiger partial charge in [-0.15, -0.1) is 0 Å². The van der Waals surface area contributed by atoms with Crippen LogP contribution in [-0.4, -0.2) is 18.3 Å². The molecule has 0 saturated heterocycles. The third-order valence-electron chi connectivity index (χ3n) is 2.09. The molecule has 0 fully saturated rings. The van der Waals surface area contributed by atoms with Crippen LogP contribution in [0.25, 0.3) is 9.65 Å². The van der Waals surface area contributed by atoms with Crippen molar-refractivity contribution in [3.05, 3.63) is 34.1 Å². The molecule has 1 heterocycles. The van der Waals surface area contributed by atoms with Gasteiger partial charge < -0.3 is 0 Å². The minimum atomic E-state index is 0.206. The van der Waals surface area contributed by atoms with Crippen LogP contribution in [0.1, 0.15) is 12.5 Å². The van der Waals surface area contributed by atoms with E-state index in [2.05, 4.69) is 13.0 Å². The average molecular weight is 240 g/mol. The van der Waals surface area contributed by atoms with Gasteiger partial charge in [0.1, 0.15) is 0 Å². The Morgan fingerprint density at radius 3 is 2.92 bits per heavy atom. The molecule has 1 aromatic heterocycles. The topological polar surface area (TPSA) is 22.0 Å². The first kappa shape index (κ1) is 8.79. The number of hydrogen-bond acceptors (Lipinski definition) is 1. The standard InChI is InChI=1S/C10H11NOSe/c1-3-11-10(12)8-5-4-7(2)6-9(8)13-11/h4-6H,3H2,1-2H3. The molecule has 68 valence electrons. The number of aryl methyl sites for hydroxylation is 2. The van der Waals surface area contributed by atoms with E-state index in [4.69, 9.17) is 0 Å². The summed E-state index contributed by atoms with van der Waals surface area (Å²) in [4.78, 5) is 11.7. The molecular formula is C10H11NOSe. The van der Waals surface area contributed by atoms with Gasteiger partial charge in [-0.05, 0) is 0 Å². The van der Waals surface area contributed by atoms with Crippen LogP contribution in [-0.2, 0) is 6.54 Å². The van der Waals surface area contributed by atoms with Crippen LogP contribution in [0.3, 0.4) is 0 Å². The molecule has 0 unspecified atom stereocenters. The summed E-state index contributed by atoms with van der Waals surface area (Å²) < 4.78 is 3.16. The van der Waals surface area contributed by atoms with Crippen molar-refractivity contribution in [2.45, 2.75) is 20.4 Å². The zero-order chi connectivity index (χ0) is 9.42. The molecule has 0 radical (unpaired) electrons. The van der Waals surface area contributed by atoms with E-state index in [9.17, 15) is 4.79 Å².